The third-order valence-corrected chi connectivity index (χ3v) is 4.81. The van der Waals surface area contributed by atoms with E-state index in [0.717, 1.165) is 12.0 Å². The lowest BCUT2D eigenvalue weighted by Gasteiger charge is -2.33. The maximum atomic E-state index is 12.7. The minimum Gasteiger partial charge on any atom is -0.493 e. The van der Waals surface area contributed by atoms with Crippen molar-refractivity contribution in [1.82, 2.24) is 15.1 Å². The first-order valence-electron chi connectivity index (χ1n) is 9.27. The van der Waals surface area contributed by atoms with Crippen molar-refractivity contribution in [1.29, 1.82) is 0 Å². The van der Waals surface area contributed by atoms with E-state index in [1.165, 1.54) is 0 Å². The van der Waals surface area contributed by atoms with Crippen molar-refractivity contribution in [3.8, 4) is 11.5 Å². The Kier molecular flexibility index (Phi) is 6.39. The van der Waals surface area contributed by atoms with Crippen molar-refractivity contribution in [2.75, 3.05) is 46.5 Å². The van der Waals surface area contributed by atoms with Crippen LogP contribution in [-0.2, 0) is 16.1 Å². The SMILES string of the molecule is COc1cccc2c1OCCCN(C(=O)NCC1CN(C(C)=O)CCO1)C2. The van der Waals surface area contributed by atoms with Crippen molar-refractivity contribution >= 4 is 11.9 Å². The van der Waals surface area contributed by atoms with E-state index in [-0.39, 0.29) is 18.0 Å². The molecule has 0 aliphatic carbocycles. The number of hydrogen-bond donors (Lipinski definition) is 1. The van der Waals surface area contributed by atoms with Crippen LogP contribution in [0.2, 0.25) is 0 Å². The molecule has 1 aromatic rings. The van der Waals surface area contributed by atoms with Crippen molar-refractivity contribution in [2.24, 2.45) is 0 Å². The van der Waals surface area contributed by atoms with Crippen molar-refractivity contribution in [3.05, 3.63) is 23.8 Å². The molecule has 1 aromatic carbocycles. The predicted molar refractivity (Wildman–Crippen MR) is 98.9 cm³/mol. The summed E-state index contributed by atoms with van der Waals surface area (Å²) in [5.41, 5.74) is 0.917. The van der Waals surface area contributed by atoms with Gasteiger partial charge in [-0.2, -0.15) is 0 Å². The minimum atomic E-state index is -0.183. The van der Waals surface area contributed by atoms with Crippen LogP contribution >= 0.6 is 0 Å². The molecule has 1 saturated heterocycles. The standard InChI is InChI=1S/C19H27N3O5/c1-14(23)21-8-10-26-16(13-21)11-20-19(24)22-7-4-9-27-18-15(12-22)5-3-6-17(18)25-2/h3,5-6,16H,4,7-13H2,1-2H3,(H,20,24). The van der Waals surface area contributed by atoms with Gasteiger partial charge >= 0.3 is 6.03 Å². The average Bonchev–Trinajstić information content (AvgIpc) is 2.66. The van der Waals surface area contributed by atoms with Crippen LogP contribution in [0, 0.1) is 0 Å². The third kappa shape index (κ3) is 4.82. The van der Waals surface area contributed by atoms with Gasteiger partial charge in [-0.25, -0.2) is 4.79 Å². The van der Waals surface area contributed by atoms with Crippen LogP contribution in [0.1, 0.15) is 18.9 Å². The Bertz CT molecular complexity index is 681. The molecule has 3 rings (SSSR count). The van der Waals surface area contributed by atoms with Gasteiger partial charge in [0.15, 0.2) is 11.5 Å². The molecule has 1 fully saturated rings. The molecule has 2 aliphatic heterocycles. The Labute approximate surface area is 159 Å². The lowest BCUT2D eigenvalue weighted by molar-refractivity contribution is -0.136. The van der Waals surface area contributed by atoms with Crippen LogP contribution in [0.4, 0.5) is 4.79 Å². The Morgan fingerprint density at radius 3 is 2.89 bits per heavy atom. The Morgan fingerprint density at radius 1 is 1.26 bits per heavy atom. The first-order chi connectivity index (χ1) is 13.1. The maximum absolute atomic E-state index is 12.7. The zero-order chi connectivity index (χ0) is 19.2. The number of morpholine rings is 1. The zero-order valence-electron chi connectivity index (χ0n) is 15.9. The quantitative estimate of drug-likeness (QED) is 0.857. The topological polar surface area (TPSA) is 80.3 Å². The molecule has 27 heavy (non-hydrogen) atoms. The summed E-state index contributed by atoms with van der Waals surface area (Å²) in [6.07, 6.45) is 0.556. The fourth-order valence-corrected chi connectivity index (χ4v) is 3.34. The average molecular weight is 377 g/mol. The molecule has 0 spiro atoms. The molecule has 8 nitrogen and oxygen atoms in total. The van der Waals surface area contributed by atoms with Crippen molar-refractivity contribution in [3.63, 3.8) is 0 Å². The van der Waals surface area contributed by atoms with Gasteiger partial charge in [-0.3, -0.25) is 4.79 Å². The second-order valence-electron chi connectivity index (χ2n) is 6.72. The van der Waals surface area contributed by atoms with Crippen molar-refractivity contribution in [2.45, 2.75) is 26.0 Å². The molecule has 1 N–H and O–H groups in total. The van der Waals surface area contributed by atoms with Gasteiger partial charge in [0.1, 0.15) is 0 Å². The molecule has 1 atom stereocenters. The molecule has 148 valence electrons. The molecule has 3 amide bonds. The summed E-state index contributed by atoms with van der Waals surface area (Å²) in [4.78, 5) is 27.7. The summed E-state index contributed by atoms with van der Waals surface area (Å²) in [5.74, 6) is 1.41. The van der Waals surface area contributed by atoms with Gasteiger partial charge in [0.05, 0.1) is 33.0 Å². The lowest BCUT2D eigenvalue weighted by atomic mass is 10.1. The predicted octanol–water partition coefficient (Wildman–Crippen LogP) is 1.24. The second kappa shape index (κ2) is 8.94. The number of methoxy groups -OCH3 is 1. The number of nitrogens with one attached hydrogen (secondary N) is 1. The zero-order valence-corrected chi connectivity index (χ0v) is 15.9. The summed E-state index contributed by atoms with van der Waals surface area (Å²) in [5, 5.41) is 2.94. The maximum Gasteiger partial charge on any atom is 0.317 e. The van der Waals surface area contributed by atoms with Gasteiger partial charge in [-0.1, -0.05) is 12.1 Å². The number of nitrogens with zero attached hydrogens (tertiary/aromatic N) is 2. The number of fused-ring (bicyclic) bond motifs is 1. The number of carbonyl (C=O) groups excluding carboxylic acids is 2. The van der Waals surface area contributed by atoms with Gasteiger partial charge in [0.25, 0.3) is 0 Å². The number of carbonyl (C=O) groups is 2. The summed E-state index contributed by atoms with van der Waals surface area (Å²) >= 11 is 0. The van der Waals surface area contributed by atoms with E-state index in [1.807, 2.05) is 18.2 Å². The number of urea groups is 1. The monoisotopic (exact) mass is 377 g/mol. The van der Waals surface area contributed by atoms with Gasteiger partial charge < -0.3 is 29.3 Å². The highest BCUT2D eigenvalue weighted by Crippen LogP contribution is 2.33. The second-order valence-corrected chi connectivity index (χ2v) is 6.72. The Balaban J connectivity index is 1.60. The summed E-state index contributed by atoms with van der Waals surface area (Å²) < 4.78 is 16.9. The molecule has 2 aliphatic rings. The van der Waals surface area contributed by atoms with Gasteiger partial charge in [-0.15, -0.1) is 0 Å². The summed E-state index contributed by atoms with van der Waals surface area (Å²) in [6, 6.07) is 5.55. The molecule has 8 heteroatoms. The van der Waals surface area contributed by atoms with Crippen LogP contribution in [0.5, 0.6) is 11.5 Å². The van der Waals surface area contributed by atoms with Crippen LogP contribution in [-0.4, -0.2) is 74.3 Å². The highest BCUT2D eigenvalue weighted by Gasteiger charge is 2.25. The number of benzene rings is 1. The summed E-state index contributed by atoms with van der Waals surface area (Å²) in [6.45, 7) is 5.10. The van der Waals surface area contributed by atoms with E-state index in [2.05, 4.69) is 5.32 Å². The number of ether oxygens (including phenoxy) is 3. The Hall–Kier alpha value is -2.48. The van der Waals surface area contributed by atoms with Gasteiger partial charge in [0.2, 0.25) is 5.91 Å². The van der Waals surface area contributed by atoms with Crippen molar-refractivity contribution < 1.29 is 23.8 Å². The molecular formula is C19H27N3O5. The van der Waals surface area contributed by atoms with E-state index in [1.54, 1.807) is 23.8 Å². The van der Waals surface area contributed by atoms with E-state index in [9.17, 15) is 9.59 Å². The first-order valence-corrected chi connectivity index (χ1v) is 9.27. The molecule has 1 unspecified atom stereocenters. The lowest BCUT2D eigenvalue weighted by Crippen LogP contribution is -2.51. The molecule has 0 bridgehead atoms. The van der Waals surface area contributed by atoms with Crippen LogP contribution in [0.25, 0.3) is 0 Å². The Morgan fingerprint density at radius 2 is 2.11 bits per heavy atom. The van der Waals surface area contributed by atoms with Crippen LogP contribution in [0.3, 0.4) is 0 Å². The van der Waals surface area contributed by atoms with E-state index >= 15 is 0 Å². The fourth-order valence-electron chi connectivity index (χ4n) is 3.34. The molecule has 0 radical (unpaired) electrons. The number of para-hydroxylation sites is 1. The molecule has 2 heterocycles. The smallest absolute Gasteiger partial charge is 0.317 e. The number of amides is 3. The largest absolute Gasteiger partial charge is 0.493 e. The highest BCUT2D eigenvalue weighted by atomic mass is 16.5. The van der Waals surface area contributed by atoms with Gasteiger partial charge in [-0.05, 0) is 12.5 Å². The number of rotatable bonds is 3. The summed E-state index contributed by atoms with van der Waals surface area (Å²) in [7, 11) is 1.61. The van der Waals surface area contributed by atoms with Crippen LogP contribution in [0.15, 0.2) is 18.2 Å². The molecule has 0 saturated carbocycles. The molecule has 0 aromatic heterocycles. The first kappa shape index (κ1) is 19.3. The number of hydrogen-bond acceptors (Lipinski definition) is 5. The molecular weight excluding hydrogens is 350 g/mol. The third-order valence-electron chi connectivity index (χ3n) is 4.81. The normalized spacial score (nSPS) is 20.0. The van der Waals surface area contributed by atoms with Crippen LogP contribution < -0.4 is 14.8 Å². The van der Waals surface area contributed by atoms with E-state index in [4.69, 9.17) is 14.2 Å². The van der Waals surface area contributed by atoms with E-state index < -0.39 is 0 Å². The van der Waals surface area contributed by atoms with E-state index in [0.29, 0.717) is 57.4 Å². The minimum absolute atomic E-state index is 0.0314. The van der Waals surface area contributed by atoms with Gasteiger partial charge in [0, 0.05) is 38.7 Å². The highest BCUT2D eigenvalue weighted by molar-refractivity contribution is 5.75. The fraction of sp³-hybridized carbons (Fsp3) is 0.579.